The molecular formula is C16H16N2O5S. The van der Waals surface area contributed by atoms with Gasteiger partial charge in [0.1, 0.15) is 0 Å². The van der Waals surface area contributed by atoms with Gasteiger partial charge in [-0.1, -0.05) is 24.3 Å². The van der Waals surface area contributed by atoms with Crippen molar-refractivity contribution in [2.45, 2.75) is 17.7 Å². The molecule has 0 radical (unpaired) electrons. The van der Waals surface area contributed by atoms with Crippen LogP contribution in [0.2, 0.25) is 0 Å². The lowest BCUT2D eigenvalue weighted by atomic mass is 10.2. The first kappa shape index (κ1) is 17.6. The minimum atomic E-state index is -3.42. The standard InChI is InChI=1S/C16H16N2O5S/c19-16(17-13-6-4-7-14(12-13)18(20)21)10-5-11-24(22,23)15-8-2-1-3-9-15/h1-4,6-9,12H,5,10-11H2,(H,17,19). The Kier molecular flexibility index (Phi) is 5.64. The maximum atomic E-state index is 12.1. The number of nitro groups is 1. The zero-order valence-electron chi connectivity index (χ0n) is 12.7. The molecule has 24 heavy (non-hydrogen) atoms. The zero-order chi connectivity index (χ0) is 17.6. The lowest BCUT2D eigenvalue weighted by molar-refractivity contribution is -0.384. The van der Waals surface area contributed by atoms with Gasteiger partial charge < -0.3 is 5.32 Å². The molecule has 1 N–H and O–H groups in total. The molecule has 126 valence electrons. The van der Waals surface area contributed by atoms with Gasteiger partial charge in [-0.2, -0.15) is 0 Å². The molecule has 0 aliphatic heterocycles. The van der Waals surface area contributed by atoms with Crippen LogP contribution in [0.1, 0.15) is 12.8 Å². The highest BCUT2D eigenvalue weighted by Gasteiger charge is 2.15. The van der Waals surface area contributed by atoms with E-state index in [0.717, 1.165) is 0 Å². The number of anilines is 1. The van der Waals surface area contributed by atoms with Gasteiger partial charge in [0, 0.05) is 24.2 Å². The first-order valence-corrected chi connectivity index (χ1v) is 8.86. The molecule has 0 saturated heterocycles. The molecule has 1 amide bonds. The molecule has 0 aromatic heterocycles. The third-order valence-electron chi connectivity index (χ3n) is 3.26. The first-order valence-electron chi connectivity index (χ1n) is 7.20. The van der Waals surface area contributed by atoms with E-state index in [-0.39, 0.29) is 29.2 Å². The van der Waals surface area contributed by atoms with Crippen LogP contribution in [0, 0.1) is 10.1 Å². The fourth-order valence-corrected chi connectivity index (χ4v) is 3.42. The van der Waals surface area contributed by atoms with Gasteiger partial charge in [0.05, 0.1) is 15.6 Å². The molecule has 0 aliphatic rings. The molecule has 0 atom stereocenters. The van der Waals surface area contributed by atoms with E-state index in [4.69, 9.17) is 0 Å². The number of rotatable bonds is 7. The maximum absolute atomic E-state index is 12.1. The second-order valence-corrected chi connectivity index (χ2v) is 7.20. The van der Waals surface area contributed by atoms with Crippen LogP contribution in [0.15, 0.2) is 59.5 Å². The zero-order valence-corrected chi connectivity index (χ0v) is 13.5. The number of nitro benzene ring substituents is 1. The fraction of sp³-hybridized carbons (Fsp3) is 0.188. The normalized spacial score (nSPS) is 11.0. The molecule has 0 aliphatic carbocycles. The monoisotopic (exact) mass is 348 g/mol. The topological polar surface area (TPSA) is 106 Å². The Morgan fingerprint density at radius 3 is 2.46 bits per heavy atom. The number of sulfone groups is 1. The first-order chi connectivity index (χ1) is 11.4. The summed E-state index contributed by atoms with van der Waals surface area (Å²) in [6.45, 7) is 0. The van der Waals surface area contributed by atoms with Crippen molar-refractivity contribution in [2.75, 3.05) is 11.1 Å². The van der Waals surface area contributed by atoms with Gasteiger partial charge in [-0.15, -0.1) is 0 Å². The number of hydrogen-bond acceptors (Lipinski definition) is 5. The Hall–Kier alpha value is -2.74. The molecule has 2 aromatic rings. The number of nitrogens with zero attached hydrogens (tertiary/aromatic N) is 1. The lowest BCUT2D eigenvalue weighted by Crippen LogP contribution is -2.14. The van der Waals surface area contributed by atoms with Gasteiger partial charge in [0.2, 0.25) is 5.91 Å². The molecule has 0 fully saturated rings. The van der Waals surface area contributed by atoms with Gasteiger partial charge in [0.25, 0.3) is 5.69 Å². The third kappa shape index (κ3) is 4.88. The summed E-state index contributed by atoms with van der Waals surface area (Å²) >= 11 is 0. The van der Waals surface area contributed by atoms with Crippen molar-refractivity contribution in [3.8, 4) is 0 Å². The molecule has 0 unspecified atom stereocenters. The number of amides is 1. The molecule has 0 saturated carbocycles. The molecule has 7 nitrogen and oxygen atoms in total. The van der Waals surface area contributed by atoms with Gasteiger partial charge in [-0.25, -0.2) is 8.42 Å². The van der Waals surface area contributed by atoms with Crippen LogP contribution >= 0.6 is 0 Å². The number of nitrogens with one attached hydrogen (secondary N) is 1. The lowest BCUT2D eigenvalue weighted by Gasteiger charge is -2.06. The second-order valence-electron chi connectivity index (χ2n) is 5.09. The largest absolute Gasteiger partial charge is 0.326 e. The van der Waals surface area contributed by atoms with E-state index in [1.54, 1.807) is 18.2 Å². The van der Waals surface area contributed by atoms with E-state index in [1.165, 1.54) is 36.4 Å². The van der Waals surface area contributed by atoms with Gasteiger partial charge in [-0.05, 0) is 24.6 Å². The molecule has 2 aromatic carbocycles. The number of benzene rings is 2. The summed E-state index contributed by atoms with van der Waals surface area (Å²) in [6, 6.07) is 13.6. The third-order valence-corrected chi connectivity index (χ3v) is 5.08. The molecule has 8 heteroatoms. The average molecular weight is 348 g/mol. The Bertz CT molecular complexity index is 835. The summed E-state index contributed by atoms with van der Waals surface area (Å²) in [5, 5.41) is 13.2. The maximum Gasteiger partial charge on any atom is 0.271 e. The van der Waals surface area contributed by atoms with E-state index in [0.29, 0.717) is 5.69 Å². The Balaban J connectivity index is 1.88. The van der Waals surface area contributed by atoms with Crippen molar-refractivity contribution in [3.63, 3.8) is 0 Å². The van der Waals surface area contributed by atoms with Gasteiger partial charge in [0.15, 0.2) is 9.84 Å². The molecule has 0 heterocycles. The quantitative estimate of drug-likeness (QED) is 0.611. The van der Waals surface area contributed by atoms with Gasteiger partial charge in [-0.3, -0.25) is 14.9 Å². The minimum Gasteiger partial charge on any atom is -0.326 e. The highest BCUT2D eigenvalue weighted by Crippen LogP contribution is 2.17. The number of hydrogen-bond donors (Lipinski definition) is 1. The van der Waals surface area contributed by atoms with Crippen molar-refractivity contribution in [1.82, 2.24) is 0 Å². The van der Waals surface area contributed by atoms with E-state index in [9.17, 15) is 23.3 Å². The summed E-state index contributed by atoms with van der Waals surface area (Å²) in [5.41, 5.74) is 0.180. The molecule has 2 rings (SSSR count). The summed E-state index contributed by atoms with van der Waals surface area (Å²) in [4.78, 5) is 22.2. The predicted octanol–water partition coefficient (Wildman–Crippen LogP) is 2.79. The summed E-state index contributed by atoms with van der Waals surface area (Å²) in [6.07, 6.45) is 0.173. The van der Waals surface area contributed by atoms with Crippen LogP contribution in [0.3, 0.4) is 0 Å². The summed E-state index contributed by atoms with van der Waals surface area (Å²) in [7, 11) is -3.42. The number of non-ortho nitro benzene ring substituents is 1. The van der Waals surface area contributed by atoms with Crippen molar-refractivity contribution in [1.29, 1.82) is 0 Å². The van der Waals surface area contributed by atoms with Crippen molar-refractivity contribution >= 4 is 27.1 Å². The van der Waals surface area contributed by atoms with E-state index in [2.05, 4.69) is 5.32 Å². The van der Waals surface area contributed by atoms with Crippen molar-refractivity contribution in [3.05, 3.63) is 64.7 Å². The highest BCUT2D eigenvalue weighted by atomic mass is 32.2. The SMILES string of the molecule is O=C(CCCS(=O)(=O)c1ccccc1)Nc1cccc([N+](=O)[O-])c1. The van der Waals surface area contributed by atoms with Crippen LogP contribution < -0.4 is 5.32 Å². The number of carbonyl (C=O) groups is 1. The highest BCUT2D eigenvalue weighted by molar-refractivity contribution is 7.91. The average Bonchev–Trinajstić information content (AvgIpc) is 2.55. The van der Waals surface area contributed by atoms with Crippen LogP contribution in [-0.4, -0.2) is 25.0 Å². The van der Waals surface area contributed by atoms with Crippen molar-refractivity contribution < 1.29 is 18.1 Å². The fourth-order valence-electron chi connectivity index (χ4n) is 2.09. The molecule has 0 spiro atoms. The Labute approximate surface area is 139 Å². The molecular weight excluding hydrogens is 332 g/mol. The summed E-state index contributed by atoms with van der Waals surface area (Å²) < 4.78 is 24.2. The second kappa shape index (κ2) is 7.69. The smallest absolute Gasteiger partial charge is 0.271 e. The van der Waals surface area contributed by atoms with Gasteiger partial charge >= 0.3 is 0 Å². The predicted molar refractivity (Wildman–Crippen MR) is 89.5 cm³/mol. The van der Waals surface area contributed by atoms with Crippen LogP contribution in [-0.2, 0) is 14.6 Å². The Morgan fingerprint density at radius 2 is 1.79 bits per heavy atom. The van der Waals surface area contributed by atoms with Crippen LogP contribution in [0.25, 0.3) is 0 Å². The summed E-state index contributed by atoms with van der Waals surface area (Å²) in [5.74, 6) is -0.530. The van der Waals surface area contributed by atoms with Crippen LogP contribution in [0.5, 0.6) is 0 Å². The van der Waals surface area contributed by atoms with Crippen LogP contribution in [0.4, 0.5) is 11.4 Å². The minimum absolute atomic E-state index is 0.00869. The number of carbonyl (C=O) groups excluding carboxylic acids is 1. The molecule has 0 bridgehead atoms. The van der Waals surface area contributed by atoms with E-state index < -0.39 is 20.7 Å². The van der Waals surface area contributed by atoms with E-state index >= 15 is 0 Å². The van der Waals surface area contributed by atoms with Crippen molar-refractivity contribution in [2.24, 2.45) is 0 Å². The Morgan fingerprint density at radius 1 is 1.08 bits per heavy atom. The van der Waals surface area contributed by atoms with E-state index in [1.807, 2.05) is 0 Å².